The van der Waals surface area contributed by atoms with Crippen LogP contribution in [-0.2, 0) is 16.1 Å². The van der Waals surface area contributed by atoms with Crippen LogP contribution in [-0.4, -0.2) is 41.3 Å². The number of hydrogen-bond donors (Lipinski definition) is 1. The molecule has 0 radical (unpaired) electrons. The van der Waals surface area contributed by atoms with Gasteiger partial charge in [0, 0.05) is 17.3 Å². The predicted octanol–water partition coefficient (Wildman–Crippen LogP) is 5.78. The Balaban J connectivity index is 1.58. The molecule has 1 N–H and O–H groups in total. The Bertz CT molecular complexity index is 1320. The van der Waals surface area contributed by atoms with E-state index < -0.39 is 24.2 Å². The Labute approximate surface area is 226 Å². The maximum absolute atomic E-state index is 13.5. The zero-order chi connectivity index (χ0) is 27.4. The topological polar surface area (TPSA) is 71.1 Å². The molecule has 198 valence electrons. The molecule has 3 aromatic rings. The lowest BCUT2D eigenvalue weighted by Crippen LogP contribution is -2.37. The van der Waals surface area contributed by atoms with E-state index in [1.807, 2.05) is 0 Å². The SMILES string of the molecule is COc1ccc(N2C(=O)[C@H](CC(=O)Nc3ccc(Cl)cc3)N(Cc3ccc(OC(F)(F)F)cc3)C2=S)cc1. The lowest BCUT2D eigenvalue weighted by atomic mass is 10.1. The van der Waals surface area contributed by atoms with E-state index in [0.717, 1.165) is 0 Å². The number of halogens is 4. The average molecular weight is 564 g/mol. The molecular formula is C26H21ClF3N3O4S. The van der Waals surface area contributed by atoms with Crippen molar-refractivity contribution < 1.29 is 32.2 Å². The quantitative estimate of drug-likeness (QED) is 0.351. The third kappa shape index (κ3) is 6.53. The minimum atomic E-state index is -4.81. The molecule has 1 saturated heterocycles. The van der Waals surface area contributed by atoms with E-state index in [1.54, 1.807) is 53.4 Å². The minimum Gasteiger partial charge on any atom is -0.497 e. The summed E-state index contributed by atoms with van der Waals surface area (Å²) in [6, 6.07) is 17.5. The van der Waals surface area contributed by atoms with E-state index in [9.17, 15) is 22.8 Å². The molecule has 12 heteroatoms. The van der Waals surface area contributed by atoms with Gasteiger partial charge in [-0.15, -0.1) is 13.2 Å². The van der Waals surface area contributed by atoms with E-state index in [4.69, 9.17) is 28.6 Å². The first-order chi connectivity index (χ1) is 18.0. The molecule has 0 unspecified atom stereocenters. The molecule has 1 aliphatic heterocycles. The first kappa shape index (κ1) is 27.2. The van der Waals surface area contributed by atoms with Crippen LogP contribution in [0.2, 0.25) is 5.02 Å². The van der Waals surface area contributed by atoms with E-state index in [1.165, 1.54) is 36.3 Å². The number of nitrogens with one attached hydrogen (secondary N) is 1. The number of carbonyl (C=O) groups excluding carboxylic acids is 2. The molecule has 0 saturated carbocycles. The molecule has 0 bridgehead atoms. The maximum Gasteiger partial charge on any atom is 0.573 e. The van der Waals surface area contributed by atoms with Gasteiger partial charge in [0.25, 0.3) is 5.91 Å². The number of thiocarbonyl (C=S) groups is 1. The van der Waals surface area contributed by atoms with Crippen molar-refractivity contribution in [1.29, 1.82) is 0 Å². The fourth-order valence-electron chi connectivity index (χ4n) is 3.90. The lowest BCUT2D eigenvalue weighted by molar-refractivity contribution is -0.274. The van der Waals surface area contributed by atoms with E-state index >= 15 is 0 Å². The second-order valence-electron chi connectivity index (χ2n) is 8.25. The van der Waals surface area contributed by atoms with Gasteiger partial charge in [0.1, 0.15) is 17.5 Å². The highest BCUT2D eigenvalue weighted by molar-refractivity contribution is 7.80. The van der Waals surface area contributed by atoms with Crippen LogP contribution < -0.4 is 19.7 Å². The zero-order valence-electron chi connectivity index (χ0n) is 19.9. The molecule has 1 atom stereocenters. The summed E-state index contributed by atoms with van der Waals surface area (Å²) in [5.41, 5.74) is 1.56. The van der Waals surface area contributed by atoms with Gasteiger partial charge >= 0.3 is 6.36 Å². The predicted molar refractivity (Wildman–Crippen MR) is 140 cm³/mol. The van der Waals surface area contributed by atoms with Crippen LogP contribution >= 0.6 is 23.8 Å². The third-order valence-corrected chi connectivity index (χ3v) is 6.33. The number of rotatable bonds is 8. The number of alkyl halides is 3. The second-order valence-corrected chi connectivity index (χ2v) is 9.05. The third-order valence-electron chi connectivity index (χ3n) is 5.67. The van der Waals surface area contributed by atoms with Gasteiger partial charge in [-0.1, -0.05) is 23.7 Å². The molecule has 38 heavy (non-hydrogen) atoms. The summed E-state index contributed by atoms with van der Waals surface area (Å²) < 4.78 is 46.7. The van der Waals surface area contributed by atoms with Crippen molar-refractivity contribution in [3.63, 3.8) is 0 Å². The summed E-state index contributed by atoms with van der Waals surface area (Å²) in [5.74, 6) is -0.629. The van der Waals surface area contributed by atoms with Crippen molar-refractivity contribution in [1.82, 2.24) is 4.90 Å². The second kappa shape index (κ2) is 11.3. The van der Waals surface area contributed by atoms with Crippen LogP contribution in [0, 0.1) is 0 Å². The standard InChI is InChI=1S/C26H21ClF3N3O4S/c1-36-20-12-8-19(9-13-20)33-24(35)22(14-23(34)31-18-6-4-17(27)5-7-18)32(25(33)38)15-16-2-10-21(11-3-16)37-26(28,29)30/h2-13,22H,14-15H2,1H3,(H,31,34)/t22-/m0/s1. The maximum atomic E-state index is 13.5. The number of methoxy groups -OCH3 is 1. The van der Waals surface area contributed by atoms with Crippen LogP contribution in [0.4, 0.5) is 24.5 Å². The van der Waals surface area contributed by atoms with E-state index in [-0.39, 0.29) is 23.8 Å². The molecule has 1 aliphatic rings. The van der Waals surface area contributed by atoms with Crippen LogP contribution in [0.1, 0.15) is 12.0 Å². The Morgan fingerprint density at radius 1 is 1.00 bits per heavy atom. The molecule has 0 aliphatic carbocycles. The number of anilines is 2. The first-order valence-electron chi connectivity index (χ1n) is 11.2. The fraction of sp³-hybridized carbons (Fsp3) is 0.192. The summed E-state index contributed by atoms with van der Waals surface area (Å²) in [4.78, 5) is 29.3. The number of ether oxygens (including phenoxy) is 2. The monoisotopic (exact) mass is 563 g/mol. The Morgan fingerprint density at radius 2 is 1.61 bits per heavy atom. The van der Waals surface area contributed by atoms with Crippen molar-refractivity contribution in [2.24, 2.45) is 0 Å². The normalized spacial score (nSPS) is 15.6. The van der Waals surface area contributed by atoms with Crippen LogP contribution in [0.15, 0.2) is 72.8 Å². The molecule has 1 fully saturated rings. The largest absolute Gasteiger partial charge is 0.573 e. The van der Waals surface area contributed by atoms with Gasteiger partial charge in [0.2, 0.25) is 5.91 Å². The first-order valence-corrected chi connectivity index (χ1v) is 12.0. The lowest BCUT2D eigenvalue weighted by Gasteiger charge is -2.24. The summed E-state index contributed by atoms with van der Waals surface area (Å²) in [7, 11) is 1.52. The van der Waals surface area contributed by atoms with Gasteiger partial charge in [0.05, 0.1) is 19.2 Å². The van der Waals surface area contributed by atoms with Gasteiger partial charge in [0.15, 0.2) is 5.11 Å². The van der Waals surface area contributed by atoms with Crippen molar-refractivity contribution in [2.45, 2.75) is 25.4 Å². The van der Waals surface area contributed by atoms with Crippen molar-refractivity contribution >= 4 is 52.1 Å². The van der Waals surface area contributed by atoms with E-state index in [2.05, 4.69) is 10.1 Å². The average Bonchev–Trinajstić information content (AvgIpc) is 3.09. The summed E-state index contributed by atoms with van der Waals surface area (Å²) in [5, 5.41) is 3.40. The Morgan fingerprint density at radius 3 is 2.18 bits per heavy atom. The smallest absolute Gasteiger partial charge is 0.497 e. The fourth-order valence-corrected chi connectivity index (χ4v) is 4.41. The number of amides is 2. The van der Waals surface area contributed by atoms with Crippen LogP contribution in [0.3, 0.4) is 0 Å². The van der Waals surface area contributed by atoms with Crippen molar-refractivity contribution in [3.05, 3.63) is 83.4 Å². The highest BCUT2D eigenvalue weighted by Gasteiger charge is 2.44. The highest BCUT2D eigenvalue weighted by Crippen LogP contribution is 2.31. The number of nitrogens with zero attached hydrogens (tertiary/aromatic N) is 2. The molecule has 7 nitrogen and oxygen atoms in total. The van der Waals surface area contributed by atoms with Gasteiger partial charge in [-0.25, -0.2) is 0 Å². The van der Waals surface area contributed by atoms with Crippen LogP contribution in [0.5, 0.6) is 11.5 Å². The highest BCUT2D eigenvalue weighted by atomic mass is 35.5. The van der Waals surface area contributed by atoms with Gasteiger partial charge in [-0.2, -0.15) is 0 Å². The van der Waals surface area contributed by atoms with Gasteiger partial charge in [-0.05, 0) is 78.4 Å². The van der Waals surface area contributed by atoms with Crippen molar-refractivity contribution in [2.75, 3.05) is 17.3 Å². The van der Waals surface area contributed by atoms with E-state index in [0.29, 0.717) is 27.7 Å². The minimum absolute atomic E-state index is 0.0718. The van der Waals surface area contributed by atoms with Gasteiger partial charge in [-0.3, -0.25) is 14.5 Å². The molecule has 2 amide bonds. The number of hydrogen-bond acceptors (Lipinski definition) is 5. The Hall–Kier alpha value is -3.83. The van der Waals surface area contributed by atoms with Gasteiger partial charge < -0.3 is 19.7 Å². The molecule has 4 rings (SSSR count). The van der Waals surface area contributed by atoms with Crippen molar-refractivity contribution in [3.8, 4) is 11.5 Å². The summed E-state index contributed by atoms with van der Waals surface area (Å²) in [6.07, 6.45) is -5.03. The summed E-state index contributed by atoms with van der Waals surface area (Å²) >= 11 is 11.5. The summed E-state index contributed by atoms with van der Waals surface area (Å²) in [6.45, 7) is 0.0718. The molecule has 3 aromatic carbocycles. The Kier molecular flexibility index (Phi) is 8.08. The zero-order valence-corrected chi connectivity index (χ0v) is 21.4. The molecule has 0 spiro atoms. The molecular weight excluding hydrogens is 543 g/mol. The van der Waals surface area contributed by atoms with Crippen LogP contribution in [0.25, 0.3) is 0 Å². The molecule has 1 heterocycles. The number of carbonyl (C=O) groups is 2. The number of benzene rings is 3. The molecule has 0 aromatic heterocycles.